The fourth-order valence-corrected chi connectivity index (χ4v) is 3.18. The highest BCUT2D eigenvalue weighted by molar-refractivity contribution is 5.76. The Balaban J connectivity index is 1.59. The second kappa shape index (κ2) is 7.00. The Bertz CT molecular complexity index is 1040. The average Bonchev–Trinajstić information content (AvgIpc) is 2.72. The fraction of sp³-hybridized carbons (Fsp3) is 0. The highest BCUT2D eigenvalue weighted by atomic mass is 16.3. The third kappa shape index (κ3) is 3.35. The molecule has 4 rings (SSSR count). The molecule has 0 saturated carbocycles. The monoisotopic (exact) mass is 368 g/mol. The average molecular weight is 368 g/mol. The molecule has 0 aliphatic rings. The molecule has 0 spiro atoms. The minimum Gasteiger partial charge on any atom is -0.506 e. The molecule has 0 heterocycles. The van der Waals surface area contributed by atoms with Gasteiger partial charge in [-0.25, -0.2) is 0 Å². The molecule has 4 heteroatoms. The maximum absolute atomic E-state index is 9.57. The summed E-state index contributed by atoms with van der Waals surface area (Å²) in [7, 11) is 0. The van der Waals surface area contributed by atoms with Crippen LogP contribution in [0.1, 0.15) is 0 Å². The van der Waals surface area contributed by atoms with Crippen LogP contribution in [0.2, 0.25) is 0 Å². The highest BCUT2D eigenvalue weighted by Crippen LogP contribution is 2.31. The van der Waals surface area contributed by atoms with E-state index in [4.69, 9.17) is 11.5 Å². The zero-order valence-corrected chi connectivity index (χ0v) is 15.1. The van der Waals surface area contributed by atoms with Gasteiger partial charge in [0.05, 0.1) is 11.4 Å². The van der Waals surface area contributed by atoms with E-state index in [1.54, 1.807) is 24.3 Å². The van der Waals surface area contributed by atoms with Crippen molar-refractivity contribution in [2.75, 3.05) is 11.5 Å². The Morgan fingerprint density at radius 1 is 0.393 bits per heavy atom. The zero-order valence-electron chi connectivity index (χ0n) is 15.1. The third-order valence-electron chi connectivity index (χ3n) is 4.82. The van der Waals surface area contributed by atoms with Crippen molar-refractivity contribution < 1.29 is 10.2 Å². The Hall–Kier alpha value is -3.92. The van der Waals surface area contributed by atoms with Crippen LogP contribution in [0.15, 0.2) is 84.9 Å². The van der Waals surface area contributed by atoms with E-state index >= 15 is 0 Å². The molecular formula is C24H20N2O2. The normalized spacial score (nSPS) is 10.7. The van der Waals surface area contributed by atoms with E-state index in [0.29, 0.717) is 11.4 Å². The van der Waals surface area contributed by atoms with Crippen molar-refractivity contribution in [3.63, 3.8) is 0 Å². The number of benzene rings is 4. The summed E-state index contributed by atoms with van der Waals surface area (Å²) in [6, 6.07) is 26.8. The topological polar surface area (TPSA) is 92.5 Å². The predicted molar refractivity (Wildman–Crippen MR) is 115 cm³/mol. The molecule has 0 saturated heterocycles. The van der Waals surface area contributed by atoms with Gasteiger partial charge in [-0.1, -0.05) is 60.7 Å². The van der Waals surface area contributed by atoms with Crippen LogP contribution in [-0.4, -0.2) is 10.2 Å². The molecule has 0 bridgehead atoms. The van der Waals surface area contributed by atoms with Gasteiger partial charge in [-0.3, -0.25) is 0 Å². The molecule has 0 aliphatic heterocycles. The van der Waals surface area contributed by atoms with E-state index in [0.717, 1.165) is 33.4 Å². The summed E-state index contributed by atoms with van der Waals surface area (Å²) in [6.45, 7) is 0. The van der Waals surface area contributed by atoms with Crippen molar-refractivity contribution in [2.24, 2.45) is 0 Å². The number of aromatic hydroxyl groups is 2. The molecule has 0 aliphatic carbocycles. The molecule has 138 valence electrons. The number of anilines is 2. The lowest BCUT2D eigenvalue weighted by molar-refractivity contribution is 0.477. The van der Waals surface area contributed by atoms with Gasteiger partial charge in [0.2, 0.25) is 0 Å². The van der Waals surface area contributed by atoms with Gasteiger partial charge in [-0.15, -0.1) is 0 Å². The van der Waals surface area contributed by atoms with E-state index < -0.39 is 0 Å². The molecule has 6 N–H and O–H groups in total. The molecular weight excluding hydrogens is 348 g/mol. The molecule has 4 aromatic rings. The van der Waals surface area contributed by atoms with E-state index in [2.05, 4.69) is 24.3 Å². The van der Waals surface area contributed by atoms with E-state index in [1.165, 1.54) is 0 Å². The summed E-state index contributed by atoms with van der Waals surface area (Å²) >= 11 is 0. The highest BCUT2D eigenvalue weighted by Gasteiger charge is 2.05. The van der Waals surface area contributed by atoms with Crippen LogP contribution in [0.4, 0.5) is 11.4 Å². The smallest absolute Gasteiger partial charge is 0.138 e. The van der Waals surface area contributed by atoms with Crippen LogP contribution in [0.25, 0.3) is 33.4 Å². The minimum absolute atomic E-state index is 0.0934. The maximum Gasteiger partial charge on any atom is 0.138 e. The van der Waals surface area contributed by atoms with E-state index in [-0.39, 0.29) is 11.5 Å². The van der Waals surface area contributed by atoms with Gasteiger partial charge >= 0.3 is 0 Å². The van der Waals surface area contributed by atoms with Crippen molar-refractivity contribution in [3.8, 4) is 44.9 Å². The quantitative estimate of drug-likeness (QED) is 0.293. The van der Waals surface area contributed by atoms with Crippen LogP contribution < -0.4 is 11.5 Å². The second-order valence-corrected chi connectivity index (χ2v) is 6.70. The maximum atomic E-state index is 9.57. The molecule has 0 fully saturated rings. The van der Waals surface area contributed by atoms with Crippen LogP contribution >= 0.6 is 0 Å². The molecule has 4 nitrogen and oxygen atoms in total. The summed E-state index contributed by atoms with van der Waals surface area (Å²) in [4.78, 5) is 0. The van der Waals surface area contributed by atoms with Crippen LogP contribution in [0, 0.1) is 0 Å². The number of hydrogen-bond donors (Lipinski definition) is 4. The Labute approximate surface area is 163 Å². The Kier molecular flexibility index (Phi) is 4.38. The van der Waals surface area contributed by atoms with E-state index in [1.807, 2.05) is 36.4 Å². The number of nitrogens with two attached hydrogens (primary N) is 2. The summed E-state index contributed by atoms with van der Waals surface area (Å²) in [5, 5.41) is 19.1. The van der Waals surface area contributed by atoms with Gasteiger partial charge in [0.25, 0.3) is 0 Å². The van der Waals surface area contributed by atoms with Gasteiger partial charge in [0.1, 0.15) is 11.5 Å². The van der Waals surface area contributed by atoms with Crippen molar-refractivity contribution in [3.05, 3.63) is 84.9 Å². The first-order valence-corrected chi connectivity index (χ1v) is 8.89. The van der Waals surface area contributed by atoms with Crippen molar-refractivity contribution in [2.45, 2.75) is 0 Å². The SMILES string of the molecule is Nc1cc(-c2ccc(-c3ccc(-c4ccc(O)c(N)c4)cc3)cc2)ccc1O. The first kappa shape index (κ1) is 17.5. The number of phenolic OH excluding ortho intramolecular Hbond substituents is 2. The first-order chi connectivity index (χ1) is 13.5. The fourth-order valence-electron chi connectivity index (χ4n) is 3.18. The first-order valence-electron chi connectivity index (χ1n) is 8.89. The lowest BCUT2D eigenvalue weighted by Gasteiger charge is -2.08. The van der Waals surface area contributed by atoms with Gasteiger partial charge in [-0.05, 0) is 57.6 Å². The summed E-state index contributed by atoms with van der Waals surface area (Å²) in [6.07, 6.45) is 0. The Morgan fingerprint density at radius 2 is 0.643 bits per heavy atom. The number of rotatable bonds is 3. The number of nitrogen functional groups attached to an aromatic ring is 2. The zero-order chi connectivity index (χ0) is 19.7. The van der Waals surface area contributed by atoms with Crippen molar-refractivity contribution in [1.29, 1.82) is 0 Å². The molecule has 0 amide bonds. The van der Waals surface area contributed by atoms with Crippen LogP contribution in [0.3, 0.4) is 0 Å². The van der Waals surface area contributed by atoms with Gasteiger partial charge in [-0.2, -0.15) is 0 Å². The lowest BCUT2D eigenvalue weighted by Crippen LogP contribution is -1.87. The molecule has 0 atom stereocenters. The summed E-state index contributed by atoms with van der Waals surface area (Å²) in [5.74, 6) is 0.187. The molecule has 4 aromatic carbocycles. The lowest BCUT2D eigenvalue weighted by atomic mass is 9.97. The molecule has 0 aromatic heterocycles. The molecule has 28 heavy (non-hydrogen) atoms. The van der Waals surface area contributed by atoms with Gasteiger partial charge < -0.3 is 21.7 Å². The summed E-state index contributed by atoms with van der Waals surface area (Å²) < 4.78 is 0. The number of hydrogen-bond acceptors (Lipinski definition) is 4. The largest absolute Gasteiger partial charge is 0.506 e. The van der Waals surface area contributed by atoms with Crippen molar-refractivity contribution >= 4 is 11.4 Å². The Morgan fingerprint density at radius 3 is 0.929 bits per heavy atom. The van der Waals surface area contributed by atoms with Crippen LogP contribution in [0.5, 0.6) is 11.5 Å². The molecule has 0 unspecified atom stereocenters. The standard InChI is InChI=1S/C24H20N2O2/c25-21-13-19(9-11-23(21)27)17-5-1-15(2-6-17)16-3-7-18(8-4-16)20-10-12-24(28)22(26)14-20/h1-14,27-28H,25-26H2. The van der Waals surface area contributed by atoms with Crippen molar-refractivity contribution in [1.82, 2.24) is 0 Å². The van der Waals surface area contributed by atoms with E-state index in [9.17, 15) is 10.2 Å². The number of phenols is 2. The predicted octanol–water partition coefficient (Wildman–Crippen LogP) is 5.26. The second-order valence-electron chi connectivity index (χ2n) is 6.70. The van der Waals surface area contributed by atoms with Crippen LogP contribution in [-0.2, 0) is 0 Å². The van der Waals surface area contributed by atoms with Gasteiger partial charge in [0, 0.05) is 0 Å². The van der Waals surface area contributed by atoms with Gasteiger partial charge in [0.15, 0.2) is 0 Å². The molecule has 0 radical (unpaired) electrons. The minimum atomic E-state index is 0.0934. The summed E-state index contributed by atoms with van der Waals surface area (Å²) in [5.41, 5.74) is 18.5. The third-order valence-corrected chi connectivity index (χ3v) is 4.82.